The zero-order valence-corrected chi connectivity index (χ0v) is 9.78. The van der Waals surface area contributed by atoms with E-state index in [0.29, 0.717) is 6.42 Å². The van der Waals surface area contributed by atoms with Gasteiger partial charge in [0, 0.05) is 0 Å². The molecule has 0 spiro atoms. The van der Waals surface area contributed by atoms with E-state index in [1.54, 1.807) is 0 Å². The minimum Gasteiger partial charge on any atom is -0.480 e. The summed E-state index contributed by atoms with van der Waals surface area (Å²) in [5.74, 6) is -1.43. The molecule has 1 unspecified atom stereocenters. The third kappa shape index (κ3) is 3.34. The Kier molecular flexibility index (Phi) is 4.06. The first-order chi connectivity index (χ1) is 7.43. The van der Waals surface area contributed by atoms with E-state index in [4.69, 9.17) is 5.11 Å². The van der Waals surface area contributed by atoms with Gasteiger partial charge in [-0.3, -0.25) is 4.79 Å². The van der Waals surface area contributed by atoms with Gasteiger partial charge in [0.25, 0.3) is 0 Å². The fourth-order valence-electron chi connectivity index (χ4n) is 1.24. The maximum atomic E-state index is 11.6. The SMILES string of the molecule is CC(C(=O)O)S(=O)(=O)CCc1ccccc1. The maximum absolute atomic E-state index is 11.6. The highest BCUT2D eigenvalue weighted by atomic mass is 32.2. The van der Waals surface area contributed by atoms with Crippen molar-refractivity contribution in [3.8, 4) is 0 Å². The van der Waals surface area contributed by atoms with E-state index in [1.165, 1.54) is 6.92 Å². The number of hydrogen-bond donors (Lipinski definition) is 1. The molecule has 5 heteroatoms. The summed E-state index contributed by atoms with van der Waals surface area (Å²) in [6.07, 6.45) is 0.348. The van der Waals surface area contributed by atoms with E-state index in [1.807, 2.05) is 30.3 Å². The Morgan fingerprint density at radius 3 is 2.38 bits per heavy atom. The normalized spacial score (nSPS) is 13.3. The second-order valence-corrected chi connectivity index (χ2v) is 6.02. The van der Waals surface area contributed by atoms with Crippen LogP contribution in [0.2, 0.25) is 0 Å². The van der Waals surface area contributed by atoms with Crippen LogP contribution in [0.25, 0.3) is 0 Å². The lowest BCUT2D eigenvalue weighted by atomic mass is 10.2. The zero-order chi connectivity index (χ0) is 12.2. The number of aryl methyl sites for hydroxylation is 1. The molecule has 1 aromatic rings. The number of benzene rings is 1. The first-order valence-corrected chi connectivity index (χ1v) is 6.63. The van der Waals surface area contributed by atoms with E-state index >= 15 is 0 Å². The van der Waals surface area contributed by atoms with Crippen molar-refractivity contribution in [2.24, 2.45) is 0 Å². The van der Waals surface area contributed by atoms with E-state index in [9.17, 15) is 13.2 Å². The number of carboxylic acid groups (broad SMARTS) is 1. The molecule has 0 aromatic heterocycles. The Labute approximate surface area is 94.8 Å². The Bertz CT molecular complexity index is 450. The van der Waals surface area contributed by atoms with Crippen LogP contribution >= 0.6 is 0 Å². The molecule has 0 aliphatic heterocycles. The minimum atomic E-state index is -3.56. The summed E-state index contributed by atoms with van der Waals surface area (Å²) in [6, 6.07) is 9.13. The summed E-state index contributed by atoms with van der Waals surface area (Å²) < 4.78 is 23.1. The Morgan fingerprint density at radius 1 is 1.31 bits per heavy atom. The van der Waals surface area contributed by atoms with Crippen molar-refractivity contribution in [1.29, 1.82) is 0 Å². The molecule has 1 atom stereocenters. The molecule has 0 amide bonds. The van der Waals surface area contributed by atoms with Crippen molar-refractivity contribution in [1.82, 2.24) is 0 Å². The van der Waals surface area contributed by atoms with Crippen molar-refractivity contribution in [2.45, 2.75) is 18.6 Å². The number of rotatable bonds is 5. The third-order valence-electron chi connectivity index (χ3n) is 2.40. The van der Waals surface area contributed by atoms with Gasteiger partial charge in [-0.2, -0.15) is 0 Å². The van der Waals surface area contributed by atoms with Gasteiger partial charge in [-0.1, -0.05) is 30.3 Å². The topological polar surface area (TPSA) is 71.4 Å². The van der Waals surface area contributed by atoms with Crippen molar-refractivity contribution in [2.75, 3.05) is 5.75 Å². The molecule has 0 aliphatic rings. The van der Waals surface area contributed by atoms with E-state index in [-0.39, 0.29) is 5.75 Å². The molecule has 0 fully saturated rings. The Morgan fingerprint density at radius 2 is 1.88 bits per heavy atom. The van der Waals surface area contributed by atoms with Gasteiger partial charge in [0.2, 0.25) is 0 Å². The molecular formula is C11H14O4S. The van der Waals surface area contributed by atoms with Gasteiger partial charge in [-0.25, -0.2) is 8.42 Å². The first kappa shape index (κ1) is 12.7. The molecule has 0 saturated carbocycles. The van der Waals surface area contributed by atoms with Crippen LogP contribution in [0.4, 0.5) is 0 Å². The summed E-state index contributed by atoms with van der Waals surface area (Å²) in [4.78, 5) is 10.6. The van der Waals surface area contributed by atoms with Gasteiger partial charge in [-0.15, -0.1) is 0 Å². The highest BCUT2D eigenvalue weighted by molar-refractivity contribution is 7.92. The fourth-order valence-corrected chi connectivity index (χ4v) is 2.42. The molecule has 0 heterocycles. The van der Waals surface area contributed by atoms with Gasteiger partial charge in [0.15, 0.2) is 15.1 Å². The maximum Gasteiger partial charge on any atom is 0.321 e. The molecule has 1 rings (SSSR count). The number of carboxylic acids is 1. The molecule has 16 heavy (non-hydrogen) atoms. The van der Waals surface area contributed by atoms with E-state index in [2.05, 4.69) is 0 Å². The zero-order valence-electron chi connectivity index (χ0n) is 8.96. The van der Waals surface area contributed by atoms with Crippen LogP contribution in [0.15, 0.2) is 30.3 Å². The largest absolute Gasteiger partial charge is 0.480 e. The van der Waals surface area contributed by atoms with Crippen molar-refractivity contribution >= 4 is 15.8 Å². The standard InChI is InChI=1S/C11H14O4S/c1-9(11(12)13)16(14,15)8-7-10-5-3-2-4-6-10/h2-6,9H,7-8H2,1H3,(H,12,13). The highest BCUT2D eigenvalue weighted by Crippen LogP contribution is 2.07. The average Bonchev–Trinajstić information content (AvgIpc) is 2.27. The predicted molar refractivity (Wildman–Crippen MR) is 61.0 cm³/mol. The molecule has 1 aromatic carbocycles. The van der Waals surface area contributed by atoms with Crippen LogP contribution < -0.4 is 0 Å². The summed E-state index contributed by atoms with van der Waals surface area (Å²) in [5.41, 5.74) is 0.892. The molecule has 1 N–H and O–H groups in total. The summed E-state index contributed by atoms with van der Waals surface area (Å²) in [6.45, 7) is 1.20. The van der Waals surface area contributed by atoms with Gasteiger partial charge >= 0.3 is 5.97 Å². The van der Waals surface area contributed by atoms with Gasteiger partial charge < -0.3 is 5.11 Å². The smallest absolute Gasteiger partial charge is 0.321 e. The Balaban J connectivity index is 2.65. The molecule has 0 saturated heterocycles. The summed E-state index contributed by atoms with van der Waals surface area (Å²) in [5, 5.41) is 7.30. The van der Waals surface area contributed by atoms with E-state index in [0.717, 1.165) is 5.56 Å². The molecule has 0 bridgehead atoms. The summed E-state index contributed by atoms with van der Waals surface area (Å²) in [7, 11) is -3.56. The lowest BCUT2D eigenvalue weighted by Gasteiger charge is -2.08. The van der Waals surface area contributed by atoms with Gasteiger partial charge in [0.1, 0.15) is 0 Å². The van der Waals surface area contributed by atoms with E-state index < -0.39 is 21.1 Å². The van der Waals surface area contributed by atoms with Crippen LogP contribution in [0.5, 0.6) is 0 Å². The van der Waals surface area contributed by atoms with Crippen LogP contribution in [-0.2, 0) is 21.1 Å². The number of hydrogen-bond acceptors (Lipinski definition) is 3. The van der Waals surface area contributed by atoms with Crippen molar-refractivity contribution < 1.29 is 18.3 Å². The van der Waals surface area contributed by atoms with Crippen LogP contribution in [0.3, 0.4) is 0 Å². The van der Waals surface area contributed by atoms with Crippen LogP contribution in [-0.4, -0.2) is 30.5 Å². The molecule has 4 nitrogen and oxygen atoms in total. The molecule has 88 valence electrons. The quantitative estimate of drug-likeness (QED) is 0.839. The lowest BCUT2D eigenvalue weighted by molar-refractivity contribution is -0.136. The molecule has 0 aliphatic carbocycles. The number of aliphatic carboxylic acids is 1. The number of carbonyl (C=O) groups is 1. The number of sulfone groups is 1. The second kappa shape index (κ2) is 5.12. The predicted octanol–water partition coefficient (Wildman–Crippen LogP) is 1.12. The minimum absolute atomic E-state index is 0.134. The van der Waals surface area contributed by atoms with Crippen LogP contribution in [0, 0.1) is 0 Å². The Hall–Kier alpha value is -1.36. The van der Waals surface area contributed by atoms with Gasteiger partial charge in [0.05, 0.1) is 5.75 Å². The van der Waals surface area contributed by atoms with Gasteiger partial charge in [-0.05, 0) is 18.9 Å². The molecular weight excluding hydrogens is 228 g/mol. The van der Waals surface area contributed by atoms with Crippen molar-refractivity contribution in [3.05, 3.63) is 35.9 Å². The van der Waals surface area contributed by atoms with Crippen molar-refractivity contribution in [3.63, 3.8) is 0 Å². The fraction of sp³-hybridized carbons (Fsp3) is 0.364. The first-order valence-electron chi connectivity index (χ1n) is 4.92. The highest BCUT2D eigenvalue weighted by Gasteiger charge is 2.26. The van der Waals surface area contributed by atoms with Crippen LogP contribution in [0.1, 0.15) is 12.5 Å². The average molecular weight is 242 g/mol. The second-order valence-electron chi connectivity index (χ2n) is 3.58. The monoisotopic (exact) mass is 242 g/mol. The summed E-state index contributed by atoms with van der Waals surface area (Å²) >= 11 is 0. The lowest BCUT2D eigenvalue weighted by Crippen LogP contribution is -2.29. The third-order valence-corrected chi connectivity index (χ3v) is 4.46. The molecule has 0 radical (unpaired) electrons.